The first-order valence-electron chi connectivity index (χ1n) is 11.3. The lowest BCUT2D eigenvalue weighted by molar-refractivity contribution is 0.0776. The van der Waals surface area contributed by atoms with Crippen LogP contribution in [-0.2, 0) is 24.2 Å². The molecule has 3 N–H and O–H groups in total. The number of carbonyl (C=O) groups is 1. The predicted molar refractivity (Wildman–Crippen MR) is 121 cm³/mol. The third-order valence-corrected chi connectivity index (χ3v) is 6.18. The van der Waals surface area contributed by atoms with E-state index in [1.54, 1.807) is 0 Å². The van der Waals surface area contributed by atoms with Crippen LogP contribution in [0.1, 0.15) is 39.9 Å². The fourth-order valence-electron chi connectivity index (χ4n) is 4.37. The molecule has 0 aliphatic carbocycles. The van der Waals surface area contributed by atoms with Crippen molar-refractivity contribution in [2.45, 2.75) is 44.5 Å². The van der Waals surface area contributed by atoms with Crippen LogP contribution in [0, 0.1) is 0 Å². The summed E-state index contributed by atoms with van der Waals surface area (Å²) in [5.41, 5.74) is 4.45. The second-order valence-corrected chi connectivity index (χ2v) is 8.59. The average Bonchev–Trinajstić information content (AvgIpc) is 2.82. The quantitative estimate of drug-likeness (QED) is 0.607. The maximum Gasteiger partial charge on any atom is 0.251 e. The first-order chi connectivity index (χ1) is 15.2. The van der Waals surface area contributed by atoms with Crippen LogP contribution in [0.25, 0.3) is 0 Å². The van der Waals surface area contributed by atoms with Gasteiger partial charge in [0.05, 0.1) is 6.10 Å². The SMILES string of the molecule is O=C(NCC(O)CN1CCc2ccccc2C1)c1cccc(CNC2CCOCC2)c1. The number of fused-ring (bicyclic) bond motifs is 1. The van der Waals surface area contributed by atoms with Gasteiger partial charge in [-0.3, -0.25) is 9.69 Å². The van der Waals surface area contributed by atoms with Crippen LogP contribution >= 0.6 is 0 Å². The van der Waals surface area contributed by atoms with Crippen LogP contribution < -0.4 is 10.6 Å². The van der Waals surface area contributed by atoms with Crippen molar-refractivity contribution in [3.63, 3.8) is 0 Å². The molecule has 31 heavy (non-hydrogen) atoms. The van der Waals surface area contributed by atoms with Gasteiger partial charge in [0.15, 0.2) is 0 Å². The van der Waals surface area contributed by atoms with E-state index in [2.05, 4.69) is 39.8 Å². The molecular weight excluding hydrogens is 390 g/mol. The Bertz CT molecular complexity index is 867. The van der Waals surface area contributed by atoms with Crippen molar-refractivity contribution in [1.29, 1.82) is 0 Å². The Morgan fingerprint density at radius 1 is 1.13 bits per heavy atom. The third-order valence-electron chi connectivity index (χ3n) is 6.18. The molecular formula is C25H33N3O3. The highest BCUT2D eigenvalue weighted by atomic mass is 16.5. The van der Waals surface area contributed by atoms with E-state index in [4.69, 9.17) is 4.74 Å². The van der Waals surface area contributed by atoms with Crippen molar-refractivity contribution in [2.75, 3.05) is 32.8 Å². The summed E-state index contributed by atoms with van der Waals surface area (Å²) >= 11 is 0. The number of ether oxygens (including phenoxy) is 1. The van der Waals surface area contributed by atoms with Crippen molar-refractivity contribution in [1.82, 2.24) is 15.5 Å². The number of benzene rings is 2. The number of β-amino-alcohol motifs (C(OH)–C–C–N with tert-alkyl or cyclic N) is 1. The summed E-state index contributed by atoms with van der Waals surface area (Å²) in [4.78, 5) is 14.8. The molecule has 166 valence electrons. The van der Waals surface area contributed by atoms with Crippen LogP contribution in [-0.4, -0.2) is 60.9 Å². The first-order valence-corrected chi connectivity index (χ1v) is 11.3. The molecule has 0 saturated carbocycles. The molecule has 1 fully saturated rings. The van der Waals surface area contributed by atoms with Crippen molar-refractivity contribution in [3.05, 3.63) is 70.8 Å². The fourth-order valence-corrected chi connectivity index (χ4v) is 4.37. The van der Waals surface area contributed by atoms with Gasteiger partial charge in [0.25, 0.3) is 5.91 Å². The van der Waals surface area contributed by atoms with E-state index < -0.39 is 6.10 Å². The number of hydrogen-bond acceptors (Lipinski definition) is 5. The topological polar surface area (TPSA) is 73.8 Å². The van der Waals surface area contributed by atoms with Gasteiger partial charge >= 0.3 is 0 Å². The molecule has 0 bridgehead atoms. The molecule has 1 atom stereocenters. The average molecular weight is 424 g/mol. The summed E-state index contributed by atoms with van der Waals surface area (Å²) in [5, 5.41) is 16.9. The minimum atomic E-state index is -0.590. The van der Waals surface area contributed by atoms with E-state index in [1.165, 1.54) is 11.1 Å². The van der Waals surface area contributed by atoms with E-state index >= 15 is 0 Å². The Morgan fingerprint density at radius 3 is 2.77 bits per heavy atom. The van der Waals surface area contributed by atoms with Gasteiger partial charge < -0.3 is 20.5 Å². The molecule has 2 heterocycles. The number of nitrogens with one attached hydrogen (secondary N) is 2. The number of aliphatic hydroxyl groups is 1. The monoisotopic (exact) mass is 423 g/mol. The normalized spacial score (nSPS) is 18.4. The summed E-state index contributed by atoms with van der Waals surface area (Å²) in [6.07, 6.45) is 2.47. The summed E-state index contributed by atoms with van der Waals surface area (Å²) in [6, 6.07) is 16.6. The van der Waals surface area contributed by atoms with Crippen LogP contribution in [0.2, 0.25) is 0 Å². The lowest BCUT2D eigenvalue weighted by atomic mass is 10.00. The van der Waals surface area contributed by atoms with Crippen LogP contribution in [0.4, 0.5) is 0 Å². The van der Waals surface area contributed by atoms with Crippen LogP contribution in [0.15, 0.2) is 48.5 Å². The van der Waals surface area contributed by atoms with Crippen molar-refractivity contribution in [3.8, 4) is 0 Å². The summed E-state index contributed by atoms with van der Waals surface area (Å²) in [5.74, 6) is -0.143. The Labute approximate surface area is 184 Å². The zero-order valence-corrected chi connectivity index (χ0v) is 18.1. The Balaban J connectivity index is 1.22. The van der Waals surface area contributed by atoms with Gasteiger partial charge in [-0.15, -0.1) is 0 Å². The molecule has 6 nitrogen and oxygen atoms in total. The molecule has 0 aromatic heterocycles. The molecule has 1 saturated heterocycles. The number of hydrogen-bond donors (Lipinski definition) is 3. The smallest absolute Gasteiger partial charge is 0.251 e. The van der Waals surface area contributed by atoms with Gasteiger partial charge in [-0.2, -0.15) is 0 Å². The Hall–Kier alpha value is -2.25. The number of amides is 1. The number of carbonyl (C=O) groups excluding carboxylic acids is 1. The van der Waals surface area contributed by atoms with E-state index in [0.29, 0.717) is 18.2 Å². The van der Waals surface area contributed by atoms with E-state index in [0.717, 1.165) is 57.7 Å². The standard InChI is InChI=1S/C25H33N3O3/c29-24(18-28-11-8-20-5-1-2-6-22(20)17-28)16-27-25(30)21-7-3-4-19(14-21)15-26-23-9-12-31-13-10-23/h1-7,14,23-24,26,29H,8-13,15-18H2,(H,27,30). The van der Waals surface area contributed by atoms with Gasteiger partial charge in [0.1, 0.15) is 0 Å². The maximum atomic E-state index is 12.6. The second-order valence-electron chi connectivity index (χ2n) is 8.59. The number of aliphatic hydroxyl groups excluding tert-OH is 1. The Morgan fingerprint density at radius 2 is 1.94 bits per heavy atom. The minimum Gasteiger partial charge on any atom is -0.390 e. The molecule has 0 radical (unpaired) electrons. The zero-order chi connectivity index (χ0) is 21.5. The van der Waals surface area contributed by atoms with E-state index in [9.17, 15) is 9.90 Å². The summed E-state index contributed by atoms with van der Waals surface area (Å²) < 4.78 is 5.40. The second kappa shape index (κ2) is 10.9. The van der Waals surface area contributed by atoms with Gasteiger partial charge in [-0.1, -0.05) is 36.4 Å². The van der Waals surface area contributed by atoms with Gasteiger partial charge in [0, 0.05) is 57.5 Å². The third kappa shape index (κ3) is 6.37. The number of nitrogens with zero attached hydrogens (tertiary/aromatic N) is 1. The maximum absolute atomic E-state index is 12.6. The summed E-state index contributed by atoms with van der Waals surface area (Å²) in [6.45, 7) is 4.96. The highest BCUT2D eigenvalue weighted by Gasteiger charge is 2.19. The highest BCUT2D eigenvalue weighted by Crippen LogP contribution is 2.18. The molecule has 1 unspecified atom stereocenters. The lowest BCUT2D eigenvalue weighted by Crippen LogP contribution is -2.42. The molecule has 2 aromatic carbocycles. The zero-order valence-electron chi connectivity index (χ0n) is 18.1. The van der Waals surface area contributed by atoms with E-state index in [1.807, 2.05) is 24.3 Å². The molecule has 0 spiro atoms. The Kier molecular flexibility index (Phi) is 7.70. The van der Waals surface area contributed by atoms with Crippen molar-refractivity contribution >= 4 is 5.91 Å². The first kappa shape index (κ1) is 22.0. The van der Waals surface area contributed by atoms with E-state index in [-0.39, 0.29) is 12.5 Å². The van der Waals surface area contributed by atoms with Gasteiger partial charge in [-0.05, 0) is 48.1 Å². The molecule has 2 aliphatic rings. The molecule has 2 aliphatic heterocycles. The minimum absolute atomic E-state index is 0.143. The van der Waals surface area contributed by atoms with Gasteiger partial charge in [-0.25, -0.2) is 0 Å². The van der Waals surface area contributed by atoms with Crippen molar-refractivity contribution < 1.29 is 14.6 Å². The lowest BCUT2D eigenvalue weighted by Gasteiger charge is -2.30. The fraction of sp³-hybridized carbons (Fsp3) is 0.480. The number of rotatable bonds is 8. The van der Waals surface area contributed by atoms with Crippen LogP contribution in [0.5, 0.6) is 0 Å². The van der Waals surface area contributed by atoms with Gasteiger partial charge in [0.2, 0.25) is 0 Å². The van der Waals surface area contributed by atoms with Crippen LogP contribution in [0.3, 0.4) is 0 Å². The highest BCUT2D eigenvalue weighted by molar-refractivity contribution is 5.94. The molecule has 4 rings (SSSR count). The molecule has 2 aromatic rings. The van der Waals surface area contributed by atoms with Crippen molar-refractivity contribution in [2.24, 2.45) is 0 Å². The molecule has 1 amide bonds. The predicted octanol–water partition coefficient (Wildman–Crippen LogP) is 2.10. The largest absolute Gasteiger partial charge is 0.390 e. The molecule has 6 heteroatoms. The summed E-state index contributed by atoms with van der Waals surface area (Å²) in [7, 11) is 0.